The molecule has 1 aliphatic heterocycles. The van der Waals surface area contributed by atoms with Crippen molar-refractivity contribution in [1.29, 1.82) is 0 Å². The number of benzene rings is 2. The van der Waals surface area contributed by atoms with E-state index in [1.807, 2.05) is 31.2 Å². The van der Waals surface area contributed by atoms with Gasteiger partial charge in [-0.05, 0) is 69.1 Å². The van der Waals surface area contributed by atoms with Crippen molar-refractivity contribution < 1.29 is 18.6 Å². The second-order valence-electron chi connectivity index (χ2n) is 9.52. The van der Waals surface area contributed by atoms with Crippen molar-refractivity contribution in [3.8, 4) is 22.9 Å². The molecule has 3 heterocycles. The topological polar surface area (TPSA) is 97.4 Å². The van der Waals surface area contributed by atoms with Crippen LogP contribution in [0, 0.1) is 12.7 Å². The zero-order valence-electron chi connectivity index (χ0n) is 22.0. The first-order valence-corrected chi connectivity index (χ1v) is 12.8. The monoisotopic (exact) mass is 520 g/mol. The average molecular weight is 521 g/mol. The van der Waals surface area contributed by atoms with Gasteiger partial charge in [0.15, 0.2) is 23.1 Å². The third kappa shape index (κ3) is 6.03. The number of methoxy groups -OCH3 is 2. The maximum Gasteiger partial charge on any atom is 0.163 e. The Kier molecular flexibility index (Phi) is 8.00. The molecular weight excluding hydrogens is 487 g/mol. The summed E-state index contributed by atoms with van der Waals surface area (Å²) in [5, 5.41) is 11.2. The Hall–Kier alpha value is -3.76. The number of fused-ring (bicyclic) bond motifs is 1. The lowest BCUT2D eigenvalue weighted by molar-refractivity contribution is 0.181. The van der Waals surface area contributed by atoms with Crippen LogP contribution in [0.1, 0.15) is 30.5 Å². The molecule has 0 atom stereocenters. The molecule has 0 radical (unpaired) electrons. The summed E-state index contributed by atoms with van der Waals surface area (Å²) < 4.78 is 31.3. The standard InChI is InChI=1S/C28H33FN6O3/c1-18-11-19(13-20(29)12-18)27-30-23-16-25(38-10-6-9-35-7-4-5-8-35)24(37-3)15-22(23)28(32-27)31-26-14-21(17-36-2)33-34-26/h11-16H,4-10,17H2,1-3H3,(H2,30,31,32,33,34). The highest BCUT2D eigenvalue weighted by Gasteiger charge is 2.17. The minimum absolute atomic E-state index is 0.341. The fourth-order valence-electron chi connectivity index (χ4n) is 4.75. The van der Waals surface area contributed by atoms with Gasteiger partial charge in [0.25, 0.3) is 0 Å². The fraction of sp³-hybridized carbons (Fsp3) is 0.393. The molecule has 0 spiro atoms. The SMILES string of the molecule is COCc1cc(Nc2nc(-c3cc(C)cc(F)c3)nc3cc(OCCCN4CCCC4)c(OC)cc23)n[nH]1. The lowest BCUT2D eigenvalue weighted by Crippen LogP contribution is -2.21. The first-order valence-electron chi connectivity index (χ1n) is 12.8. The van der Waals surface area contributed by atoms with Gasteiger partial charge in [-0.1, -0.05) is 0 Å². The van der Waals surface area contributed by atoms with Crippen LogP contribution < -0.4 is 14.8 Å². The molecule has 1 fully saturated rings. The van der Waals surface area contributed by atoms with Crippen LogP contribution in [0.4, 0.5) is 16.0 Å². The van der Waals surface area contributed by atoms with E-state index >= 15 is 0 Å². The van der Waals surface area contributed by atoms with Gasteiger partial charge in [0.1, 0.15) is 11.6 Å². The lowest BCUT2D eigenvalue weighted by Gasteiger charge is -2.16. The molecule has 1 aliphatic rings. The molecule has 9 nitrogen and oxygen atoms in total. The summed E-state index contributed by atoms with van der Waals surface area (Å²) in [7, 11) is 3.23. The van der Waals surface area contributed by atoms with Crippen molar-refractivity contribution in [2.75, 3.05) is 45.8 Å². The Labute approximate surface area is 221 Å². The Balaban J connectivity index is 1.50. The summed E-state index contributed by atoms with van der Waals surface area (Å²) in [5.41, 5.74) is 2.82. The van der Waals surface area contributed by atoms with Crippen LogP contribution in [0.2, 0.25) is 0 Å². The van der Waals surface area contributed by atoms with E-state index in [-0.39, 0.29) is 5.82 Å². The van der Waals surface area contributed by atoms with Gasteiger partial charge in [0.2, 0.25) is 0 Å². The second kappa shape index (κ2) is 11.7. The van der Waals surface area contributed by atoms with Crippen LogP contribution in [-0.2, 0) is 11.3 Å². The number of hydrogen-bond acceptors (Lipinski definition) is 8. The molecule has 0 aliphatic carbocycles. The van der Waals surface area contributed by atoms with Crippen LogP contribution in [0.3, 0.4) is 0 Å². The zero-order valence-corrected chi connectivity index (χ0v) is 22.0. The maximum absolute atomic E-state index is 14.3. The molecule has 0 unspecified atom stereocenters. The minimum Gasteiger partial charge on any atom is -0.493 e. The summed E-state index contributed by atoms with van der Waals surface area (Å²) >= 11 is 0. The molecule has 4 aromatic rings. The van der Waals surface area contributed by atoms with Crippen molar-refractivity contribution in [2.45, 2.75) is 32.8 Å². The normalized spacial score (nSPS) is 13.8. The van der Waals surface area contributed by atoms with Gasteiger partial charge in [-0.25, -0.2) is 14.4 Å². The maximum atomic E-state index is 14.3. The molecule has 0 bridgehead atoms. The van der Waals surface area contributed by atoms with E-state index in [2.05, 4.69) is 20.4 Å². The summed E-state index contributed by atoms with van der Waals surface area (Å²) in [6, 6.07) is 10.3. The smallest absolute Gasteiger partial charge is 0.163 e. The Morgan fingerprint density at radius 3 is 2.63 bits per heavy atom. The number of likely N-dealkylation sites (tertiary alicyclic amines) is 1. The minimum atomic E-state index is -0.341. The van der Waals surface area contributed by atoms with Crippen molar-refractivity contribution in [3.63, 3.8) is 0 Å². The summed E-state index contributed by atoms with van der Waals surface area (Å²) in [4.78, 5) is 12.0. The number of aromatic nitrogens is 4. The van der Waals surface area contributed by atoms with Crippen molar-refractivity contribution in [2.24, 2.45) is 0 Å². The number of H-pyrrole nitrogens is 1. The molecule has 200 valence electrons. The molecule has 0 amide bonds. The number of nitrogens with one attached hydrogen (secondary N) is 2. The highest BCUT2D eigenvalue weighted by molar-refractivity contribution is 5.94. The number of hydrogen-bond donors (Lipinski definition) is 2. The van der Waals surface area contributed by atoms with Gasteiger partial charge in [-0.15, -0.1) is 0 Å². The van der Waals surface area contributed by atoms with Crippen molar-refractivity contribution in [1.82, 2.24) is 25.1 Å². The molecule has 2 aromatic heterocycles. The molecule has 5 rings (SSSR count). The molecule has 10 heteroatoms. The van der Waals surface area contributed by atoms with E-state index in [0.717, 1.165) is 42.7 Å². The number of ether oxygens (including phenoxy) is 3. The van der Waals surface area contributed by atoms with Gasteiger partial charge in [0.05, 0.1) is 31.5 Å². The molecular formula is C28H33FN6O3. The molecule has 2 aromatic carbocycles. The first kappa shape index (κ1) is 25.9. The quantitative estimate of drug-likeness (QED) is 0.260. The highest BCUT2D eigenvalue weighted by Crippen LogP contribution is 2.36. The van der Waals surface area contributed by atoms with Gasteiger partial charge in [-0.2, -0.15) is 5.10 Å². The third-order valence-electron chi connectivity index (χ3n) is 6.53. The van der Waals surface area contributed by atoms with Crippen LogP contribution in [0.5, 0.6) is 11.5 Å². The first-order chi connectivity index (χ1) is 18.5. The fourth-order valence-corrected chi connectivity index (χ4v) is 4.75. The van der Waals surface area contributed by atoms with Gasteiger partial charge in [0, 0.05) is 36.7 Å². The number of nitrogens with zero attached hydrogens (tertiary/aromatic N) is 4. The van der Waals surface area contributed by atoms with E-state index in [1.165, 1.54) is 25.0 Å². The Bertz CT molecular complexity index is 1380. The van der Waals surface area contributed by atoms with E-state index in [0.29, 0.717) is 53.3 Å². The Morgan fingerprint density at radius 1 is 1.03 bits per heavy atom. The largest absolute Gasteiger partial charge is 0.493 e. The van der Waals surface area contributed by atoms with Crippen LogP contribution in [-0.4, -0.2) is 65.5 Å². The highest BCUT2D eigenvalue weighted by atomic mass is 19.1. The third-order valence-corrected chi connectivity index (χ3v) is 6.53. The van der Waals surface area contributed by atoms with Crippen molar-refractivity contribution in [3.05, 3.63) is 53.5 Å². The molecule has 1 saturated heterocycles. The van der Waals surface area contributed by atoms with Gasteiger partial charge < -0.3 is 24.4 Å². The second-order valence-corrected chi connectivity index (χ2v) is 9.52. The number of rotatable bonds is 11. The number of anilines is 2. The molecule has 2 N–H and O–H groups in total. The lowest BCUT2D eigenvalue weighted by atomic mass is 10.1. The van der Waals surface area contributed by atoms with E-state index < -0.39 is 0 Å². The van der Waals surface area contributed by atoms with E-state index in [9.17, 15) is 4.39 Å². The molecule has 38 heavy (non-hydrogen) atoms. The predicted octanol–water partition coefficient (Wildman–Crippen LogP) is 5.23. The summed E-state index contributed by atoms with van der Waals surface area (Å²) in [6.45, 7) is 6.16. The average Bonchev–Trinajstić information content (AvgIpc) is 3.58. The van der Waals surface area contributed by atoms with Gasteiger partial charge >= 0.3 is 0 Å². The Morgan fingerprint density at radius 2 is 1.87 bits per heavy atom. The van der Waals surface area contributed by atoms with Crippen LogP contribution in [0.25, 0.3) is 22.3 Å². The van der Waals surface area contributed by atoms with Crippen LogP contribution >= 0.6 is 0 Å². The van der Waals surface area contributed by atoms with Gasteiger partial charge in [-0.3, -0.25) is 5.10 Å². The van der Waals surface area contributed by atoms with E-state index in [1.54, 1.807) is 14.2 Å². The van der Waals surface area contributed by atoms with Crippen molar-refractivity contribution >= 4 is 22.5 Å². The number of halogens is 1. The summed E-state index contributed by atoms with van der Waals surface area (Å²) in [6.07, 6.45) is 3.47. The number of aromatic amines is 1. The van der Waals surface area contributed by atoms with E-state index in [4.69, 9.17) is 24.2 Å². The predicted molar refractivity (Wildman–Crippen MR) is 145 cm³/mol. The summed E-state index contributed by atoms with van der Waals surface area (Å²) in [5.74, 6) is 2.32. The van der Waals surface area contributed by atoms with Crippen LogP contribution in [0.15, 0.2) is 36.4 Å². The number of aryl methyl sites for hydroxylation is 1. The molecule has 0 saturated carbocycles. The zero-order chi connectivity index (χ0) is 26.5.